The number of ether oxygens (including phenoxy) is 1. The Morgan fingerprint density at radius 2 is 2.30 bits per heavy atom. The molecule has 2 rings (SSSR count). The number of piperidine rings is 1. The molecular weight excluding hydrogens is 252 g/mol. The van der Waals surface area contributed by atoms with Crippen LogP contribution in [0.4, 0.5) is 5.95 Å². The van der Waals surface area contributed by atoms with Gasteiger partial charge in [0, 0.05) is 32.4 Å². The summed E-state index contributed by atoms with van der Waals surface area (Å²) >= 11 is 0. The third kappa shape index (κ3) is 3.15. The van der Waals surface area contributed by atoms with E-state index in [4.69, 9.17) is 15.5 Å². The first-order valence-corrected chi connectivity index (χ1v) is 7.61. The predicted molar refractivity (Wildman–Crippen MR) is 82.1 cm³/mol. The van der Waals surface area contributed by atoms with Crippen LogP contribution in [0.3, 0.4) is 0 Å². The Hall–Kier alpha value is -1.07. The summed E-state index contributed by atoms with van der Waals surface area (Å²) in [7, 11) is 1.74. The molecule has 5 nitrogen and oxygen atoms in total. The van der Waals surface area contributed by atoms with Gasteiger partial charge in [0.15, 0.2) is 0 Å². The predicted octanol–water partition coefficient (Wildman–Crippen LogP) is 1.96. The van der Waals surface area contributed by atoms with E-state index in [9.17, 15) is 0 Å². The number of methoxy groups -OCH3 is 1. The van der Waals surface area contributed by atoms with Gasteiger partial charge < -0.3 is 19.9 Å². The maximum atomic E-state index is 6.21. The molecule has 1 aromatic heterocycles. The number of aryl methyl sites for hydroxylation is 1. The van der Waals surface area contributed by atoms with Gasteiger partial charge in [-0.2, -0.15) is 0 Å². The van der Waals surface area contributed by atoms with Gasteiger partial charge in [0.25, 0.3) is 0 Å². The van der Waals surface area contributed by atoms with E-state index in [2.05, 4.69) is 29.5 Å². The maximum absolute atomic E-state index is 6.21. The third-order valence-corrected chi connectivity index (χ3v) is 4.32. The van der Waals surface area contributed by atoms with Crippen LogP contribution in [-0.2, 0) is 4.74 Å². The van der Waals surface area contributed by atoms with E-state index in [1.807, 2.05) is 6.92 Å². The fraction of sp³-hybridized carbons (Fsp3) is 0.800. The minimum atomic E-state index is 0.298. The van der Waals surface area contributed by atoms with Gasteiger partial charge in [-0.05, 0) is 26.2 Å². The minimum Gasteiger partial charge on any atom is -0.383 e. The second-order valence-corrected chi connectivity index (χ2v) is 5.96. The average molecular weight is 280 g/mol. The van der Waals surface area contributed by atoms with Crippen LogP contribution in [0.15, 0.2) is 6.20 Å². The van der Waals surface area contributed by atoms with E-state index in [0.29, 0.717) is 24.6 Å². The molecule has 2 heterocycles. The molecule has 3 atom stereocenters. The number of hydrogen-bond donors (Lipinski definition) is 1. The Labute approximate surface area is 122 Å². The zero-order valence-corrected chi connectivity index (χ0v) is 13.2. The van der Waals surface area contributed by atoms with Crippen molar-refractivity contribution in [1.82, 2.24) is 9.55 Å². The van der Waals surface area contributed by atoms with Crippen LogP contribution >= 0.6 is 0 Å². The van der Waals surface area contributed by atoms with E-state index >= 15 is 0 Å². The van der Waals surface area contributed by atoms with Crippen molar-refractivity contribution in [2.45, 2.75) is 45.7 Å². The molecule has 20 heavy (non-hydrogen) atoms. The van der Waals surface area contributed by atoms with Crippen molar-refractivity contribution in [3.63, 3.8) is 0 Å². The van der Waals surface area contributed by atoms with Crippen LogP contribution in [0.2, 0.25) is 0 Å². The molecule has 0 radical (unpaired) electrons. The van der Waals surface area contributed by atoms with Crippen LogP contribution in [0, 0.1) is 12.8 Å². The van der Waals surface area contributed by atoms with Crippen molar-refractivity contribution in [3.05, 3.63) is 11.9 Å². The molecule has 0 bridgehead atoms. The first kappa shape index (κ1) is 15.3. The highest BCUT2D eigenvalue weighted by atomic mass is 16.5. The summed E-state index contributed by atoms with van der Waals surface area (Å²) in [6.45, 7) is 9.14. The molecule has 1 saturated heterocycles. The van der Waals surface area contributed by atoms with Gasteiger partial charge >= 0.3 is 0 Å². The Balaban J connectivity index is 2.19. The highest BCUT2D eigenvalue weighted by Gasteiger charge is 2.28. The van der Waals surface area contributed by atoms with Gasteiger partial charge in [0.05, 0.1) is 18.3 Å². The van der Waals surface area contributed by atoms with Crippen LogP contribution in [-0.4, -0.2) is 42.4 Å². The molecule has 1 fully saturated rings. The Morgan fingerprint density at radius 3 is 2.95 bits per heavy atom. The number of hydrogen-bond acceptors (Lipinski definition) is 4. The van der Waals surface area contributed by atoms with Crippen molar-refractivity contribution in [2.24, 2.45) is 11.7 Å². The molecule has 0 aromatic carbocycles. The molecule has 2 N–H and O–H groups in total. The highest BCUT2D eigenvalue weighted by Crippen LogP contribution is 2.26. The summed E-state index contributed by atoms with van der Waals surface area (Å²) in [4.78, 5) is 7.11. The molecule has 0 aliphatic carbocycles. The fourth-order valence-electron chi connectivity index (χ4n) is 3.05. The van der Waals surface area contributed by atoms with Gasteiger partial charge in [-0.25, -0.2) is 4.98 Å². The van der Waals surface area contributed by atoms with Crippen molar-refractivity contribution in [2.75, 3.05) is 31.7 Å². The summed E-state index contributed by atoms with van der Waals surface area (Å²) in [5.74, 6) is 1.63. The SMILES string of the molecule is CCC1CN(c2nc(C)cn2C(C)COC)CCC1N. The molecular formula is C15H28N4O. The summed E-state index contributed by atoms with van der Waals surface area (Å²) in [6, 6.07) is 0.629. The van der Waals surface area contributed by atoms with Gasteiger partial charge in [-0.15, -0.1) is 0 Å². The molecule has 3 unspecified atom stereocenters. The van der Waals surface area contributed by atoms with E-state index < -0.39 is 0 Å². The van der Waals surface area contributed by atoms with Gasteiger partial charge in [-0.1, -0.05) is 13.3 Å². The smallest absolute Gasteiger partial charge is 0.206 e. The van der Waals surface area contributed by atoms with Crippen LogP contribution in [0.5, 0.6) is 0 Å². The second kappa shape index (κ2) is 6.59. The zero-order valence-electron chi connectivity index (χ0n) is 13.2. The molecule has 114 valence electrons. The maximum Gasteiger partial charge on any atom is 0.206 e. The van der Waals surface area contributed by atoms with Crippen molar-refractivity contribution in [3.8, 4) is 0 Å². The molecule has 0 spiro atoms. The van der Waals surface area contributed by atoms with Crippen LogP contribution in [0.25, 0.3) is 0 Å². The number of nitrogens with zero attached hydrogens (tertiary/aromatic N) is 3. The minimum absolute atomic E-state index is 0.298. The summed E-state index contributed by atoms with van der Waals surface area (Å²) in [5, 5.41) is 0. The largest absolute Gasteiger partial charge is 0.383 e. The normalized spacial score (nSPS) is 24.9. The summed E-state index contributed by atoms with van der Waals surface area (Å²) < 4.78 is 7.52. The van der Waals surface area contributed by atoms with Crippen molar-refractivity contribution < 1.29 is 4.74 Å². The first-order valence-electron chi connectivity index (χ1n) is 7.61. The van der Waals surface area contributed by atoms with Gasteiger partial charge in [-0.3, -0.25) is 0 Å². The zero-order chi connectivity index (χ0) is 14.7. The lowest BCUT2D eigenvalue weighted by molar-refractivity contribution is 0.162. The third-order valence-electron chi connectivity index (χ3n) is 4.32. The number of imidazole rings is 1. The first-order chi connectivity index (χ1) is 9.56. The van der Waals surface area contributed by atoms with Gasteiger partial charge in [0.1, 0.15) is 0 Å². The summed E-state index contributed by atoms with van der Waals surface area (Å²) in [5.41, 5.74) is 7.27. The number of nitrogens with two attached hydrogens (primary N) is 1. The quantitative estimate of drug-likeness (QED) is 0.896. The standard InChI is InChI=1S/C15H28N4O/c1-5-13-9-18(7-6-14(13)16)15-17-11(2)8-19(15)12(3)10-20-4/h8,12-14H,5-7,9-10,16H2,1-4H3. The lowest BCUT2D eigenvalue weighted by Crippen LogP contribution is -2.47. The molecule has 5 heteroatoms. The fourth-order valence-corrected chi connectivity index (χ4v) is 3.05. The average Bonchev–Trinajstić information content (AvgIpc) is 2.82. The topological polar surface area (TPSA) is 56.3 Å². The Kier molecular flexibility index (Phi) is 5.05. The molecule has 0 saturated carbocycles. The van der Waals surface area contributed by atoms with Crippen molar-refractivity contribution >= 4 is 5.95 Å². The van der Waals surface area contributed by atoms with Crippen LogP contribution < -0.4 is 10.6 Å². The van der Waals surface area contributed by atoms with Crippen molar-refractivity contribution in [1.29, 1.82) is 0 Å². The Morgan fingerprint density at radius 1 is 1.55 bits per heavy atom. The molecule has 0 amide bonds. The molecule has 1 aromatic rings. The lowest BCUT2D eigenvalue weighted by Gasteiger charge is -2.37. The van der Waals surface area contributed by atoms with E-state index in [1.165, 1.54) is 0 Å². The molecule has 1 aliphatic heterocycles. The summed E-state index contributed by atoms with van der Waals surface area (Å²) in [6.07, 6.45) is 4.29. The van der Waals surface area contributed by atoms with Crippen LogP contribution in [0.1, 0.15) is 38.4 Å². The van der Waals surface area contributed by atoms with E-state index in [-0.39, 0.29) is 0 Å². The monoisotopic (exact) mass is 280 g/mol. The number of aromatic nitrogens is 2. The lowest BCUT2D eigenvalue weighted by atomic mass is 9.91. The number of anilines is 1. The second-order valence-electron chi connectivity index (χ2n) is 5.96. The van der Waals surface area contributed by atoms with E-state index in [0.717, 1.165) is 37.6 Å². The molecule has 1 aliphatic rings. The number of rotatable bonds is 5. The van der Waals surface area contributed by atoms with E-state index in [1.54, 1.807) is 7.11 Å². The highest BCUT2D eigenvalue weighted by molar-refractivity contribution is 5.35. The Bertz CT molecular complexity index is 432. The van der Waals surface area contributed by atoms with Gasteiger partial charge in [0.2, 0.25) is 5.95 Å².